The largest absolute Gasteiger partial charge is 0.493 e. The number of hydrogen-bond acceptors (Lipinski definition) is 7. The molecule has 1 aromatic carbocycles. The zero-order valence-electron chi connectivity index (χ0n) is 19.7. The molecule has 2 fully saturated rings. The van der Waals surface area contributed by atoms with Crippen LogP contribution in [0.5, 0.6) is 5.75 Å². The zero-order valence-corrected chi connectivity index (χ0v) is 21.5. The van der Waals surface area contributed by atoms with Gasteiger partial charge in [0.25, 0.3) is 5.91 Å². The Morgan fingerprint density at radius 3 is 2.44 bits per heavy atom. The number of halogens is 4. The highest BCUT2D eigenvalue weighted by Gasteiger charge is 2.51. The molecule has 2 aromatic rings. The fourth-order valence-corrected chi connectivity index (χ4v) is 5.13. The first kappa shape index (κ1) is 27.9. The van der Waals surface area contributed by atoms with Crippen LogP contribution >= 0.6 is 25.0 Å². The van der Waals surface area contributed by atoms with Crippen LogP contribution in [0, 0.1) is 17.2 Å². The van der Waals surface area contributed by atoms with Crippen molar-refractivity contribution in [3.05, 3.63) is 47.8 Å². The van der Waals surface area contributed by atoms with Crippen molar-refractivity contribution in [1.29, 1.82) is 5.26 Å². The number of hydrogen-bond donors (Lipinski definition) is 2. The van der Waals surface area contributed by atoms with Gasteiger partial charge in [0.05, 0.1) is 24.1 Å². The molecule has 4 rings (SSSR count). The fraction of sp³-hybridized carbons (Fsp3) is 0.458. The average Bonchev–Trinajstić information content (AvgIpc) is 3.01. The van der Waals surface area contributed by atoms with Gasteiger partial charge in [0.2, 0.25) is 0 Å². The second-order valence-corrected chi connectivity index (χ2v) is 9.61. The van der Waals surface area contributed by atoms with Gasteiger partial charge in [-0.05, 0) is 76.0 Å². The van der Waals surface area contributed by atoms with E-state index in [4.69, 9.17) is 10.00 Å². The number of rotatable bonds is 5. The Morgan fingerprint density at radius 1 is 1.22 bits per heavy atom. The Morgan fingerprint density at radius 2 is 1.86 bits per heavy atom. The molecule has 2 aliphatic rings. The highest BCUT2D eigenvalue weighted by molar-refractivity contribution is 7.81. The summed E-state index contributed by atoms with van der Waals surface area (Å²) in [7, 11) is 0. The van der Waals surface area contributed by atoms with E-state index in [1.54, 1.807) is 30.9 Å². The summed E-state index contributed by atoms with van der Waals surface area (Å²) in [6.07, 6.45) is -1.56. The monoisotopic (exact) mass is 541 g/mol. The van der Waals surface area contributed by atoms with Gasteiger partial charge in [-0.2, -0.15) is 18.4 Å². The Labute approximate surface area is 219 Å². The van der Waals surface area contributed by atoms with Gasteiger partial charge in [0, 0.05) is 5.69 Å². The van der Waals surface area contributed by atoms with Crippen LogP contribution in [-0.4, -0.2) is 41.6 Å². The zero-order chi connectivity index (χ0) is 25.4. The van der Waals surface area contributed by atoms with Crippen LogP contribution in [-0.2, 0) is 11.0 Å². The van der Waals surface area contributed by atoms with Crippen molar-refractivity contribution in [2.24, 2.45) is 5.92 Å². The van der Waals surface area contributed by atoms with Crippen molar-refractivity contribution < 1.29 is 22.7 Å². The smallest absolute Gasteiger partial charge is 0.419 e. The molecule has 1 unspecified atom stereocenters. The van der Waals surface area contributed by atoms with Gasteiger partial charge in [-0.1, -0.05) is 0 Å². The van der Waals surface area contributed by atoms with Crippen LogP contribution in [0.3, 0.4) is 0 Å². The molecular formula is C24H27ClF3N5O2S. The number of benzene rings is 1. The summed E-state index contributed by atoms with van der Waals surface area (Å²) >= 11 is 4.59. The number of carbonyl (C=O) groups is 1. The van der Waals surface area contributed by atoms with E-state index in [-0.39, 0.29) is 18.1 Å². The van der Waals surface area contributed by atoms with Gasteiger partial charge in [-0.15, -0.1) is 25.0 Å². The minimum Gasteiger partial charge on any atom is -0.493 e. The number of anilines is 2. The summed E-state index contributed by atoms with van der Waals surface area (Å²) in [5, 5.41) is 12.3. The number of nitrogens with zero attached hydrogens (tertiary/aromatic N) is 4. The van der Waals surface area contributed by atoms with Gasteiger partial charge in [-0.25, -0.2) is 4.98 Å². The summed E-state index contributed by atoms with van der Waals surface area (Å²) in [5.41, 5.74) is -3.36. The molecule has 1 atom stereocenters. The summed E-state index contributed by atoms with van der Waals surface area (Å²) in [6, 6.07) is 9.45. The third-order valence-electron chi connectivity index (χ3n) is 6.43. The number of aromatic nitrogens is 1. The normalized spacial score (nSPS) is 20.1. The Hall–Kier alpha value is -2.68. The first-order valence-electron chi connectivity index (χ1n) is 11.3. The second kappa shape index (κ2) is 10.7. The highest BCUT2D eigenvalue weighted by atomic mass is 35.5. The molecule has 0 bridgehead atoms. The number of alkyl halides is 3. The first-order chi connectivity index (χ1) is 16.5. The van der Waals surface area contributed by atoms with E-state index < -0.39 is 34.4 Å². The molecule has 3 heterocycles. The van der Waals surface area contributed by atoms with Crippen LogP contribution in [0.15, 0.2) is 36.5 Å². The number of carbonyl (C=O) groups excluding carboxylic acids is 1. The van der Waals surface area contributed by atoms with Crippen LogP contribution < -0.4 is 19.9 Å². The number of nitrogens with one attached hydrogen (secondary N) is 1. The summed E-state index contributed by atoms with van der Waals surface area (Å²) in [6.45, 7) is 5.97. The van der Waals surface area contributed by atoms with E-state index in [0.717, 1.165) is 43.1 Å². The molecule has 12 heteroatoms. The van der Waals surface area contributed by atoms with Crippen LogP contribution in [0.25, 0.3) is 0 Å². The van der Waals surface area contributed by atoms with Gasteiger partial charge in [-0.3, -0.25) is 9.69 Å². The molecule has 194 valence electrons. The minimum absolute atomic E-state index is 0. The number of ether oxygens (including phenoxy) is 1. The number of pyridine rings is 1. The predicted octanol–water partition coefficient (Wildman–Crippen LogP) is 4.62. The summed E-state index contributed by atoms with van der Waals surface area (Å²) in [4.78, 5) is 19.8. The van der Waals surface area contributed by atoms with Gasteiger partial charge < -0.3 is 15.0 Å². The SMILES string of the molecule is CC1(C)C(=O)N(c2cnc(C#N)c(C(F)(F)F)c2)C(S)N1c1ccc(OCC2CCNCC2)cc1.Cl. The lowest BCUT2D eigenvalue weighted by Crippen LogP contribution is -2.44. The van der Waals surface area contributed by atoms with Gasteiger partial charge in [0.1, 0.15) is 17.4 Å². The fourth-order valence-electron chi connectivity index (χ4n) is 4.47. The number of piperidine rings is 1. The van der Waals surface area contributed by atoms with Crippen molar-refractivity contribution in [1.82, 2.24) is 10.3 Å². The van der Waals surface area contributed by atoms with Crippen molar-refractivity contribution in [3.63, 3.8) is 0 Å². The molecule has 0 saturated carbocycles. The standard InChI is InChI=1S/C24H26F3N5O2S.ClH/c1-23(2)21(33)31(17-11-19(24(25,26)27)20(12-28)30-13-17)22(35)32(23)16-3-5-18(6-4-16)34-14-15-7-9-29-10-8-15;/h3-6,11,13,15,22,29,35H,7-10,14H2,1-2H3;1H. The topological polar surface area (TPSA) is 81.5 Å². The summed E-state index contributed by atoms with van der Waals surface area (Å²) < 4.78 is 46.3. The number of thiol groups is 1. The van der Waals surface area contributed by atoms with Crippen LogP contribution in [0.4, 0.5) is 24.5 Å². The molecule has 2 aliphatic heterocycles. The van der Waals surface area contributed by atoms with Crippen LogP contribution in [0.1, 0.15) is 37.9 Å². The molecular weight excluding hydrogens is 515 g/mol. The van der Waals surface area contributed by atoms with E-state index in [1.165, 1.54) is 6.07 Å². The van der Waals surface area contributed by atoms with E-state index in [9.17, 15) is 18.0 Å². The molecule has 0 aliphatic carbocycles. The molecule has 36 heavy (non-hydrogen) atoms. The van der Waals surface area contributed by atoms with Crippen LogP contribution in [0.2, 0.25) is 0 Å². The average molecular weight is 542 g/mol. The maximum Gasteiger partial charge on any atom is 0.419 e. The quantitative estimate of drug-likeness (QED) is 0.538. The van der Waals surface area contributed by atoms with Gasteiger partial charge >= 0.3 is 6.18 Å². The maximum absolute atomic E-state index is 13.5. The molecule has 2 saturated heterocycles. The lowest BCUT2D eigenvalue weighted by atomic mass is 9.99. The molecule has 1 N–H and O–H groups in total. The van der Waals surface area contributed by atoms with Crippen molar-refractivity contribution in [2.45, 2.75) is 43.9 Å². The van der Waals surface area contributed by atoms with E-state index >= 15 is 0 Å². The second-order valence-electron chi connectivity index (χ2n) is 9.15. The lowest BCUT2D eigenvalue weighted by Gasteiger charge is -2.33. The maximum atomic E-state index is 13.5. The Kier molecular flexibility index (Phi) is 8.33. The van der Waals surface area contributed by atoms with E-state index in [0.29, 0.717) is 24.0 Å². The van der Waals surface area contributed by atoms with Crippen molar-refractivity contribution in [3.8, 4) is 11.8 Å². The molecule has 0 radical (unpaired) electrons. The summed E-state index contributed by atoms with van der Waals surface area (Å²) in [5.74, 6) is 0.765. The third kappa shape index (κ3) is 5.36. The van der Waals surface area contributed by atoms with Gasteiger partial charge in [0.15, 0.2) is 11.2 Å². The minimum atomic E-state index is -4.79. The molecule has 0 spiro atoms. The van der Waals surface area contributed by atoms with E-state index in [1.807, 2.05) is 12.1 Å². The van der Waals surface area contributed by atoms with E-state index in [2.05, 4.69) is 22.9 Å². The number of nitriles is 1. The lowest BCUT2D eigenvalue weighted by molar-refractivity contribution is -0.138. The Balaban J connectivity index is 0.00000361. The van der Waals surface area contributed by atoms with Crippen molar-refractivity contribution >= 4 is 42.3 Å². The third-order valence-corrected chi connectivity index (χ3v) is 6.89. The molecule has 1 aromatic heterocycles. The predicted molar refractivity (Wildman–Crippen MR) is 136 cm³/mol. The first-order valence-corrected chi connectivity index (χ1v) is 11.8. The van der Waals surface area contributed by atoms with Crippen molar-refractivity contribution in [2.75, 3.05) is 29.5 Å². The molecule has 1 amide bonds. The molecule has 7 nitrogen and oxygen atoms in total. The highest BCUT2D eigenvalue weighted by Crippen LogP contribution is 2.42. The number of amides is 1. The Bertz CT molecular complexity index is 1130.